The smallest absolute Gasteiger partial charge is 0.338 e. The summed E-state index contributed by atoms with van der Waals surface area (Å²) >= 11 is 1.20. The molecule has 0 aliphatic carbocycles. The topological polar surface area (TPSA) is 79.1 Å². The molecule has 9 heteroatoms. The Morgan fingerprint density at radius 3 is 2.57 bits per heavy atom. The first-order chi connectivity index (χ1) is 16.9. The van der Waals surface area contributed by atoms with Crippen LogP contribution in [0, 0.1) is 5.82 Å². The zero-order valence-corrected chi connectivity index (χ0v) is 20.6. The van der Waals surface area contributed by atoms with Gasteiger partial charge in [0.05, 0.1) is 36.1 Å². The number of fused-ring (bicyclic) bond motifs is 1. The van der Waals surface area contributed by atoms with Crippen molar-refractivity contribution in [1.82, 2.24) is 4.57 Å². The highest BCUT2D eigenvalue weighted by Crippen LogP contribution is 2.40. The summed E-state index contributed by atoms with van der Waals surface area (Å²) in [6.45, 7) is 5.82. The maximum Gasteiger partial charge on any atom is 0.338 e. The molecule has 0 amide bonds. The maximum absolute atomic E-state index is 13.7. The zero-order valence-electron chi connectivity index (χ0n) is 19.8. The highest BCUT2D eigenvalue weighted by molar-refractivity contribution is 7.07. The van der Waals surface area contributed by atoms with Crippen molar-refractivity contribution in [3.8, 4) is 11.5 Å². The number of hydrogen-bond donors (Lipinski definition) is 0. The molecule has 0 spiro atoms. The molecule has 4 rings (SSSR count). The number of thiazole rings is 1. The highest BCUT2D eigenvalue weighted by Gasteiger charge is 2.35. The van der Waals surface area contributed by atoms with E-state index in [-0.39, 0.29) is 23.6 Å². The standard InChI is InChI=1S/C26H25FN2O5S/c1-5-33-23-18(8-7-9-19(23)32-4)22-21(25(31)34-6-2)15(3)28-26-29(22)24(30)20(35-26)14-16-10-12-17(27)13-11-16/h7-14,22H,5-6H2,1-4H3/b20-14+. The number of rotatable bonds is 7. The Bertz CT molecular complexity index is 1470. The van der Waals surface area contributed by atoms with Gasteiger partial charge in [0.1, 0.15) is 11.9 Å². The summed E-state index contributed by atoms with van der Waals surface area (Å²) in [6.07, 6.45) is 1.68. The number of benzene rings is 2. The third-order valence-electron chi connectivity index (χ3n) is 5.50. The molecule has 0 fully saturated rings. The first kappa shape index (κ1) is 24.4. The number of ether oxygens (including phenoxy) is 3. The van der Waals surface area contributed by atoms with Gasteiger partial charge in [-0.2, -0.15) is 0 Å². The first-order valence-electron chi connectivity index (χ1n) is 11.1. The van der Waals surface area contributed by atoms with Gasteiger partial charge in [-0.25, -0.2) is 14.2 Å². The first-order valence-corrected chi connectivity index (χ1v) is 12.0. The summed E-state index contributed by atoms with van der Waals surface area (Å²) in [7, 11) is 1.53. The van der Waals surface area contributed by atoms with Gasteiger partial charge in [-0.1, -0.05) is 35.6 Å². The molecule has 7 nitrogen and oxygen atoms in total. The molecule has 0 bridgehead atoms. The molecular formula is C26H25FN2O5S. The van der Waals surface area contributed by atoms with Crippen LogP contribution < -0.4 is 24.4 Å². The molecule has 1 atom stereocenters. The van der Waals surface area contributed by atoms with Gasteiger partial charge in [-0.05, 0) is 50.6 Å². The predicted octanol–water partition coefficient (Wildman–Crippen LogP) is 3.34. The lowest BCUT2D eigenvalue weighted by molar-refractivity contribution is -0.139. The predicted molar refractivity (Wildman–Crippen MR) is 131 cm³/mol. The second kappa shape index (κ2) is 10.3. The summed E-state index contributed by atoms with van der Waals surface area (Å²) in [6, 6.07) is 10.4. The summed E-state index contributed by atoms with van der Waals surface area (Å²) in [5.41, 5.74) is 1.63. The van der Waals surface area contributed by atoms with Crippen LogP contribution in [0.1, 0.15) is 37.9 Å². The number of carbonyl (C=O) groups excluding carboxylic acids is 1. The fourth-order valence-electron chi connectivity index (χ4n) is 4.00. The Morgan fingerprint density at radius 1 is 1.17 bits per heavy atom. The number of nitrogens with zero attached hydrogens (tertiary/aromatic N) is 2. The van der Waals surface area contributed by atoms with Crippen LogP contribution in [-0.2, 0) is 9.53 Å². The second-order valence-corrected chi connectivity index (χ2v) is 8.67. The SMILES string of the molecule is CCOC(=O)C1=C(C)N=c2s/c(=C/c3ccc(F)cc3)c(=O)n2C1c1cccc(OC)c1OCC. The minimum atomic E-state index is -0.836. The molecule has 0 N–H and O–H groups in total. The number of allylic oxidation sites excluding steroid dienone is 1. The fourth-order valence-corrected chi connectivity index (χ4v) is 5.05. The van der Waals surface area contributed by atoms with Crippen LogP contribution in [0.2, 0.25) is 0 Å². The van der Waals surface area contributed by atoms with Crippen LogP contribution in [0.25, 0.3) is 6.08 Å². The van der Waals surface area contributed by atoms with Crippen LogP contribution in [-0.4, -0.2) is 30.9 Å². The van der Waals surface area contributed by atoms with Crippen molar-refractivity contribution >= 4 is 23.4 Å². The van der Waals surface area contributed by atoms with Crippen molar-refractivity contribution in [2.45, 2.75) is 26.8 Å². The zero-order chi connectivity index (χ0) is 25.1. The van der Waals surface area contributed by atoms with Crippen LogP contribution in [0.15, 0.2) is 63.5 Å². The van der Waals surface area contributed by atoms with Gasteiger partial charge in [0, 0.05) is 5.56 Å². The van der Waals surface area contributed by atoms with Crippen LogP contribution >= 0.6 is 11.3 Å². The summed E-state index contributed by atoms with van der Waals surface area (Å²) in [4.78, 5) is 31.8. The number of methoxy groups -OCH3 is 1. The highest BCUT2D eigenvalue weighted by atomic mass is 32.1. The Labute approximate surface area is 205 Å². The number of halogens is 1. The van der Waals surface area contributed by atoms with Crippen LogP contribution in [0.5, 0.6) is 11.5 Å². The Balaban J connectivity index is 2.01. The average Bonchev–Trinajstić information content (AvgIpc) is 3.14. The largest absolute Gasteiger partial charge is 0.493 e. The molecule has 2 heterocycles. The number of hydrogen-bond acceptors (Lipinski definition) is 7. The lowest BCUT2D eigenvalue weighted by atomic mass is 9.94. The van der Waals surface area contributed by atoms with E-state index < -0.39 is 12.0 Å². The van der Waals surface area contributed by atoms with E-state index >= 15 is 0 Å². The number of esters is 1. The fraction of sp³-hybridized carbons (Fsp3) is 0.269. The third kappa shape index (κ3) is 4.64. The van der Waals surface area contributed by atoms with E-state index in [1.165, 1.54) is 35.1 Å². The molecule has 3 aromatic rings. The van der Waals surface area contributed by atoms with Gasteiger partial charge < -0.3 is 14.2 Å². The molecular weight excluding hydrogens is 471 g/mol. The number of carbonyl (C=O) groups is 1. The number of aromatic nitrogens is 1. The summed E-state index contributed by atoms with van der Waals surface area (Å²) < 4.78 is 32.0. The van der Waals surface area contributed by atoms with Crippen molar-refractivity contribution in [2.24, 2.45) is 4.99 Å². The maximum atomic E-state index is 13.7. The molecule has 0 saturated carbocycles. The van der Waals surface area contributed by atoms with Gasteiger partial charge in [0.25, 0.3) is 5.56 Å². The van der Waals surface area contributed by atoms with Crippen molar-refractivity contribution in [3.05, 3.63) is 90.4 Å². The minimum Gasteiger partial charge on any atom is -0.493 e. The van der Waals surface area contributed by atoms with Gasteiger partial charge in [0.2, 0.25) is 0 Å². The van der Waals surface area contributed by atoms with E-state index in [0.717, 1.165) is 0 Å². The molecule has 182 valence electrons. The lowest BCUT2D eigenvalue weighted by Crippen LogP contribution is -2.40. The van der Waals surface area contributed by atoms with E-state index in [4.69, 9.17) is 14.2 Å². The van der Waals surface area contributed by atoms with Crippen molar-refractivity contribution in [2.75, 3.05) is 20.3 Å². The summed E-state index contributed by atoms with van der Waals surface area (Å²) in [5.74, 6) is -0.000567. The quantitative estimate of drug-likeness (QED) is 0.469. The Morgan fingerprint density at radius 2 is 1.91 bits per heavy atom. The van der Waals surface area contributed by atoms with Crippen molar-refractivity contribution in [3.63, 3.8) is 0 Å². The monoisotopic (exact) mass is 496 g/mol. The van der Waals surface area contributed by atoms with Crippen molar-refractivity contribution in [1.29, 1.82) is 0 Å². The molecule has 2 aromatic carbocycles. The van der Waals surface area contributed by atoms with E-state index in [1.807, 2.05) is 6.92 Å². The number of para-hydroxylation sites is 1. The molecule has 1 aromatic heterocycles. The molecule has 35 heavy (non-hydrogen) atoms. The molecule has 1 unspecified atom stereocenters. The van der Waals surface area contributed by atoms with E-state index in [9.17, 15) is 14.0 Å². The van der Waals surface area contributed by atoms with Crippen LogP contribution in [0.3, 0.4) is 0 Å². The van der Waals surface area contributed by atoms with E-state index in [1.54, 1.807) is 50.3 Å². The van der Waals surface area contributed by atoms with Gasteiger partial charge in [-0.15, -0.1) is 0 Å². The molecule has 1 aliphatic rings. The Kier molecular flexibility index (Phi) is 7.16. The molecule has 0 radical (unpaired) electrons. The van der Waals surface area contributed by atoms with Gasteiger partial charge >= 0.3 is 5.97 Å². The normalized spacial score (nSPS) is 15.5. The average molecular weight is 497 g/mol. The van der Waals surface area contributed by atoms with Gasteiger partial charge in [-0.3, -0.25) is 9.36 Å². The van der Waals surface area contributed by atoms with Crippen molar-refractivity contribution < 1.29 is 23.4 Å². The van der Waals surface area contributed by atoms with E-state index in [0.29, 0.717) is 44.3 Å². The summed E-state index contributed by atoms with van der Waals surface area (Å²) in [5, 5.41) is 0. The minimum absolute atomic E-state index is 0.174. The van der Waals surface area contributed by atoms with E-state index in [2.05, 4.69) is 4.99 Å². The van der Waals surface area contributed by atoms with Gasteiger partial charge in [0.15, 0.2) is 16.3 Å². The second-order valence-electron chi connectivity index (χ2n) is 7.67. The van der Waals surface area contributed by atoms with Crippen LogP contribution in [0.4, 0.5) is 4.39 Å². The lowest BCUT2D eigenvalue weighted by Gasteiger charge is -2.26. The molecule has 0 saturated heterocycles. The Hall–Kier alpha value is -3.72. The third-order valence-corrected chi connectivity index (χ3v) is 6.48. The molecule has 1 aliphatic heterocycles.